The molecule has 1 aliphatic rings. The van der Waals surface area contributed by atoms with E-state index in [0.29, 0.717) is 24.0 Å². The molecule has 4 rings (SSSR count). The average molecular weight is 1030 g/mol. The highest BCUT2D eigenvalue weighted by Gasteiger charge is 2.35. The normalized spacial score (nSPS) is 20.0. The number of benzene rings is 2. The summed E-state index contributed by atoms with van der Waals surface area (Å²) in [6, 6.07) is 5.60. The van der Waals surface area contributed by atoms with Crippen LogP contribution in [0.5, 0.6) is 0 Å². The molecular weight excluding hydrogens is 959 g/mol. The lowest BCUT2D eigenvalue weighted by Crippen LogP contribution is -2.60. The number of rotatable bonds is 21. The van der Waals surface area contributed by atoms with Crippen LogP contribution in [0.1, 0.15) is 89.2 Å². The van der Waals surface area contributed by atoms with Gasteiger partial charge in [-0.1, -0.05) is 68.3 Å². The quantitative estimate of drug-likeness (QED) is 0.0315. The van der Waals surface area contributed by atoms with Crippen molar-refractivity contribution in [2.24, 2.45) is 17.2 Å². The number of hydrogen-bond donors (Lipinski definition) is 15. The highest BCUT2D eigenvalue weighted by molar-refractivity contribution is 5.98. The van der Waals surface area contributed by atoms with Crippen molar-refractivity contribution in [1.82, 2.24) is 58.2 Å². The predicted octanol–water partition coefficient (Wildman–Crippen LogP) is -1.95. The molecule has 2 heterocycles. The number of para-hydroxylation sites is 1. The van der Waals surface area contributed by atoms with E-state index in [1.54, 1.807) is 36.5 Å². The standard InChI is InChI=1S/C49H71N15O10/c1-3-4-15-33(58-28(2)65)42(68)61-36-19-20-40(66)54-24-21-37(46(72)63-38(41(50)67)26-30-27-57-32-16-9-8-14-31(30)32)62-43(69)34(17-10-22-55-48(51)52)60-47(73)39(25-29-12-6-5-7-13-29)64-44(70)35(59-45(36)71)18-11-23-56-49(53)74/h5-9,12-14,16,27,33-39,57H,3-4,10-11,15,17-26H2,1-2H3,(H2,50,67)(H,54,66)(H,58,65)(H,59,71)(H,60,73)(H,61,68)(H,62,69)(H,63,72)(H,64,70)(H4,51,52,55)(H3,53,56,74)/t33-,34-,35-,36-,37-,38-,39+/m0/s1. The van der Waals surface area contributed by atoms with Crippen molar-refractivity contribution >= 4 is 76.1 Å². The Hall–Kier alpha value is -8.25. The number of guanidine groups is 1. The molecule has 0 aliphatic carbocycles. The second-order valence-electron chi connectivity index (χ2n) is 18.0. The van der Waals surface area contributed by atoms with Crippen LogP contribution in [0.2, 0.25) is 0 Å². The summed E-state index contributed by atoms with van der Waals surface area (Å²) >= 11 is 0. The van der Waals surface area contributed by atoms with E-state index in [9.17, 15) is 47.9 Å². The minimum absolute atomic E-state index is 0.0132. The van der Waals surface area contributed by atoms with E-state index >= 15 is 0 Å². The van der Waals surface area contributed by atoms with Gasteiger partial charge in [-0.05, 0) is 62.1 Å². The number of H-pyrrole nitrogens is 1. The zero-order valence-electron chi connectivity index (χ0n) is 41.7. The fraction of sp³-hybridized carbons (Fsp3) is 0.490. The first-order chi connectivity index (χ1) is 35.3. The average Bonchev–Trinajstić information content (AvgIpc) is 3.76. The zero-order valence-corrected chi connectivity index (χ0v) is 41.7. The number of aromatic amines is 1. The van der Waals surface area contributed by atoms with Gasteiger partial charge < -0.3 is 75.4 Å². The van der Waals surface area contributed by atoms with Gasteiger partial charge in [-0.25, -0.2) is 4.79 Å². The number of carbonyl (C=O) groups excluding carboxylic acids is 10. The van der Waals surface area contributed by atoms with Crippen LogP contribution in [-0.4, -0.2) is 132 Å². The van der Waals surface area contributed by atoms with Crippen molar-refractivity contribution in [3.8, 4) is 0 Å². The number of primary amides is 2. The number of fused-ring (bicyclic) bond motifs is 1. The molecule has 7 atom stereocenters. The van der Waals surface area contributed by atoms with E-state index in [0.717, 1.165) is 10.9 Å². The number of carbonyl (C=O) groups is 10. The molecule has 2 aromatic carbocycles. The second kappa shape index (κ2) is 29.9. The van der Waals surface area contributed by atoms with Crippen LogP contribution in [0.25, 0.3) is 10.9 Å². The molecule has 1 aliphatic heterocycles. The van der Waals surface area contributed by atoms with E-state index in [4.69, 9.17) is 22.6 Å². The summed E-state index contributed by atoms with van der Waals surface area (Å²) < 4.78 is 0. The van der Waals surface area contributed by atoms with Gasteiger partial charge in [-0.15, -0.1) is 0 Å². The Morgan fingerprint density at radius 1 is 0.730 bits per heavy atom. The molecule has 25 nitrogen and oxygen atoms in total. The smallest absolute Gasteiger partial charge is 0.312 e. The van der Waals surface area contributed by atoms with Crippen LogP contribution in [0.4, 0.5) is 4.79 Å². The summed E-state index contributed by atoms with van der Waals surface area (Å²) in [5.74, 6) is -7.41. The van der Waals surface area contributed by atoms with Crippen molar-refractivity contribution in [2.75, 3.05) is 19.6 Å². The summed E-state index contributed by atoms with van der Waals surface area (Å²) in [5, 5.41) is 34.7. The Morgan fingerprint density at radius 2 is 1.35 bits per heavy atom. The first-order valence-electron chi connectivity index (χ1n) is 24.7. The Kier molecular flexibility index (Phi) is 23.6. The highest BCUT2D eigenvalue weighted by Crippen LogP contribution is 2.19. The maximum absolute atomic E-state index is 14.5. The Bertz CT molecular complexity index is 2450. The molecule has 74 heavy (non-hydrogen) atoms. The van der Waals surface area contributed by atoms with E-state index in [1.807, 2.05) is 31.2 Å². The molecule has 402 valence electrons. The van der Waals surface area contributed by atoms with Crippen LogP contribution in [0.3, 0.4) is 0 Å². The third-order valence-corrected chi connectivity index (χ3v) is 12.1. The summed E-state index contributed by atoms with van der Waals surface area (Å²) in [6.45, 7) is 2.97. The van der Waals surface area contributed by atoms with Crippen molar-refractivity contribution < 1.29 is 47.9 Å². The molecule has 0 bridgehead atoms. The molecule has 1 fully saturated rings. The topological polar surface area (TPSA) is 409 Å². The van der Waals surface area contributed by atoms with Crippen molar-refractivity contribution in [3.63, 3.8) is 0 Å². The lowest BCUT2D eigenvalue weighted by Gasteiger charge is -2.28. The third kappa shape index (κ3) is 19.7. The number of urea groups is 1. The molecule has 3 aromatic rings. The Balaban J connectivity index is 1.76. The molecule has 25 heteroatoms. The summed E-state index contributed by atoms with van der Waals surface area (Å²) in [7, 11) is 0. The Morgan fingerprint density at radius 3 is 2.00 bits per heavy atom. The van der Waals surface area contributed by atoms with E-state index in [1.165, 1.54) is 6.92 Å². The molecule has 18 N–H and O–H groups in total. The van der Waals surface area contributed by atoms with Gasteiger partial charge in [0, 0.05) is 62.9 Å². The van der Waals surface area contributed by atoms with Crippen LogP contribution < -0.4 is 70.4 Å². The first kappa shape index (κ1) is 58.3. The molecule has 0 saturated carbocycles. The van der Waals surface area contributed by atoms with Gasteiger partial charge in [-0.2, -0.15) is 0 Å². The number of aromatic nitrogens is 1. The highest BCUT2D eigenvalue weighted by atomic mass is 16.2. The monoisotopic (exact) mass is 1030 g/mol. The number of hydrogen-bond acceptors (Lipinski definition) is 11. The van der Waals surface area contributed by atoms with Gasteiger partial charge >= 0.3 is 6.03 Å². The largest absolute Gasteiger partial charge is 0.370 e. The van der Waals surface area contributed by atoms with Crippen molar-refractivity contribution in [1.29, 1.82) is 5.41 Å². The van der Waals surface area contributed by atoms with E-state index in [-0.39, 0.29) is 89.8 Å². The zero-order chi connectivity index (χ0) is 54.2. The summed E-state index contributed by atoms with van der Waals surface area (Å²) in [6.07, 6.45) is 2.05. The van der Waals surface area contributed by atoms with Gasteiger partial charge in [0.05, 0.1) is 0 Å². The number of amides is 11. The van der Waals surface area contributed by atoms with Gasteiger partial charge in [0.2, 0.25) is 53.2 Å². The van der Waals surface area contributed by atoms with Crippen molar-refractivity contribution in [2.45, 2.75) is 133 Å². The van der Waals surface area contributed by atoms with Crippen LogP contribution >= 0.6 is 0 Å². The Labute approximate surface area is 428 Å². The van der Waals surface area contributed by atoms with E-state index < -0.39 is 101 Å². The second-order valence-corrected chi connectivity index (χ2v) is 18.0. The van der Waals surface area contributed by atoms with Gasteiger partial charge in [-0.3, -0.25) is 48.6 Å². The molecule has 1 aromatic heterocycles. The minimum Gasteiger partial charge on any atom is -0.370 e. The molecule has 1 saturated heterocycles. The molecule has 0 radical (unpaired) electrons. The summed E-state index contributed by atoms with van der Waals surface area (Å²) in [5.41, 5.74) is 18.6. The fourth-order valence-corrected chi connectivity index (χ4v) is 8.20. The number of nitrogens with two attached hydrogens (primary N) is 3. The van der Waals surface area contributed by atoms with E-state index in [2.05, 4.69) is 58.2 Å². The molecule has 0 unspecified atom stereocenters. The van der Waals surface area contributed by atoms with Crippen LogP contribution in [0, 0.1) is 5.41 Å². The van der Waals surface area contributed by atoms with Gasteiger partial charge in [0.1, 0.15) is 42.3 Å². The third-order valence-electron chi connectivity index (χ3n) is 12.1. The molecular formula is C49H71N15O10. The molecule has 11 amide bonds. The maximum atomic E-state index is 14.5. The van der Waals surface area contributed by atoms with Crippen molar-refractivity contribution in [3.05, 3.63) is 71.9 Å². The van der Waals surface area contributed by atoms with Gasteiger partial charge in [0.25, 0.3) is 0 Å². The summed E-state index contributed by atoms with van der Waals surface area (Å²) in [4.78, 5) is 139. The predicted molar refractivity (Wildman–Crippen MR) is 273 cm³/mol. The lowest BCUT2D eigenvalue weighted by molar-refractivity contribution is -0.136. The van der Waals surface area contributed by atoms with Crippen LogP contribution in [-0.2, 0) is 56.0 Å². The maximum Gasteiger partial charge on any atom is 0.312 e. The SMILES string of the molecule is CCCC[C@H](NC(C)=O)C(=O)N[C@H]1CCC(=O)NCC[C@@H](C(=O)N[C@@H](Cc2c[nH]c3ccccc23)C(N)=O)NC(=O)[C@H](CCCNC(=N)N)NC(=O)[C@@H](Cc2ccccc2)NC(=O)[C@H](CCCNC(N)=O)NC1=O. The van der Waals surface area contributed by atoms with Crippen LogP contribution in [0.15, 0.2) is 60.8 Å². The first-order valence-corrected chi connectivity index (χ1v) is 24.7. The number of unbranched alkanes of at least 4 members (excludes halogenated alkanes) is 1. The number of nitrogens with one attached hydrogen (secondary N) is 12. The molecule has 0 spiro atoms. The van der Waals surface area contributed by atoms with Gasteiger partial charge in [0.15, 0.2) is 5.96 Å². The lowest BCUT2D eigenvalue weighted by atomic mass is 10.0. The fourth-order valence-electron chi connectivity index (χ4n) is 8.20. The minimum atomic E-state index is -1.46.